The summed E-state index contributed by atoms with van der Waals surface area (Å²) in [6, 6.07) is 21.5. The number of carbonyl (C=O) groups is 1. The summed E-state index contributed by atoms with van der Waals surface area (Å²) in [6.07, 6.45) is 0.784. The maximum atomic E-state index is 11.2. The van der Waals surface area contributed by atoms with Gasteiger partial charge in [-0.1, -0.05) is 36.4 Å². The number of carboxylic acid groups (broad SMARTS) is 1. The zero-order valence-electron chi connectivity index (χ0n) is 20.6. The molecule has 0 radical (unpaired) electrons. The van der Waals surface area contributed by atoms with Crippen LogP contribution >= 0.6 is 0 Å². The summed E-state index contributed by atoms with van der Waals surface area (Å²) in [5.41, 5.74) is 2.19. The monoisotopic (exact) mass is 476 g/mol. The van der Waals surface area contributed by atoms with E-state index in [9.17, 15) is 9.90 Å². The van der Waals surface area contributed by atoms with Crippen molar-refractivity contribution in [2.45, 2.75) is 51.7 Å². The Bertz CT molecular complexity index is 1150. The van der Waals surface area contributed by atoms with Gasteiger partial charge in [-0.05, 0) is 63.6 Å². The Labute approximate surface area is 206 Å². The molecule has 0 aliphatic carbocycles. The fraction of sp³-hybridized carbons (Fsp3) is 0.345. The van der Waals surface area contributed by atoms with Gasteiger partial charge in [-0.15, -0.1) is 0 Å². The lowest BCUT2D eigenvalue weighted by molar-refractivity contribution is -0.152. The Kier molecular flexibility index (Phi) is 7.20. The molecular weight excluding hydrogens is 444 g/mol. The molecule has 0 saturated heterocycles. The molecule has 2 unspecified atom stereocenters. The van der Waals surface area contributed by atoms with Crippen LogP contribution in [0.25, 0.3) is 0 Å². The molecule has 4 rings (SSSR count). The van der Waals surface area contributed by atoms with E-state index in [2.05, 4.69) is 37.3 Å². The topological polar surface area (TPSA) is 74.2 Å². The molecule has 1 N–H and O–H groups in total. The minimum absolute atomic E-state index is 0.0711. The van der Waals surface area contributed by atoms with Gasteiger partial charge in [0.15, 0.2) is 5.60 Å². The minimum atomic E-state index is -1.29. The highest BCUT2D eigenvalue weighted by atomic mass is 16.5. The van der Waals surface area contributed by atoms with Gasteiger partial charge in [-0.2, -0.15) is 0 Å². The van der Waals surface area contributed by atoms with Crippen LogP contribution < -0.4 is 18.9 Å². The third-order valence-electron chi connectivity index (χ3n) is 6.18. The SMILES string of the molecule is Cc1c(OCCCOc2ccc(OC(C)(C)C(=O)O)cc2)ccc2c1OC(C)C2c1ccccc1. The Hall–Kier alpha value is -3.67. The van der Waals surface area contributed by atoms with Crippen LogP contribution in [0.4, 0.5) is 0 Å². The highest BCUT2D eigenvalue weighted by Crippen LogP contribution is 2.46. The second-order valence-electron chi connectivity index (χ2n) is 9.26. The number of benzene rings is 3. The third kappa shape index (κ3) is 5.53. The van der Waals surface area contributed by atoms with Gasteiger partial charge in [0.25, 0.3) is 0 Å². The average molecular weight is 477 g/mol. The Balaban J connectivity index is 1.28. The molecular formula is C29H32O6. The number of hydrogen-bond acceptors (Lipinski definition) is 5. The van der Waals surface area contributed by atoms with Crippen LogP contribution in [0.2, 0.25) is 0 Å². The van der Waals surface area contributed by atoms with E-state index in [1.54, 1.807) is 24.3 Å². The van der Waals surface area contributed by atoms with Crippen molar-refractivity contribution in [3.63, 3.8) is 0 Å². The maximum absolute atomic E-state index is 11.2. The van der Waals surface area contributed by atoms with Crippen LogP contribution in [-0.2, 0) is 4.79 Å². The Morgan fingerprint density at radius 1 is 0.943 bits per heavy atom. The quantitative estimate of drug-likeness (QED) is 0.362. The van der Waals surface area contributed by atoms with Crippen LogP contribution in [0.15, 0.2) is 66.7 Å². The van der Waals surface area contributed by atoms with Crippen LogP contribution in [0.1, 0.15) is 49.8 Å². The lowest BCUT2D eigenvalue weighted by Crippen LogP contribution is -2.37. The predicted octanol–water partition coefficient (Wildman–Crippen LogP) is 6.00. The first kappa shape index (κ1) is 24.5. The van der Waals surface area contributed by atoms with E-state index in [1.807, 2.05) is 19.1 Å². The molecule has 1 heterocycles. The number of carboxylic acids is 1. The zero-order chi connectivity index (χ0) is 25.0. The first-order chi connectivity index (χ1) is 16.8. The minimum Gasteiger partial charge on any atom is -0.493 e. The first-order valence-corrected chi connectivity index (χ1v) is 11.9. The van der Waals surface area contributed by atoms with E-state index < -0.39 is 11.6 Å². The largest absolute Gasteiger partial charge is 0.493 e. The van der Waals surface area contributed by atoms with Crippen molar-refractivity contribution in [2.24, 2.45) is 0 Å². The lowest BCUT2D eigenvalue weighted by Gasteiger charge is -2.21. The fourth-order valence-electron chi connectivity index (χ4n) is 4.24. The molecule has 2 atom stereocenters. The van der Waals surface area contributed by atoms with Crippen molar-refractivity contribution in [3.05, 3.63) is 83.4 Å². The van der Waals surface area contributed by atoms with Crippen LogP contribution in [0.3, 0.4) is 0 Å². The average Bonchev–Trinajstić information content (AvgIpc) is 3.18. The van der Waals surface area contributed by atoms with Crippen molar-refractivity contribution >= 4 is 5.97 Å². The summed E-state index contributed by atoms with van der Waals surface area (Å²) in [5.74, 6) is 2.12. The highest BCUT2D eigenvalue weighted by Gasteiger charge is 2.34. The van der Waals surface area contributed by atoms with E-state index in [1.165, 1.54) is 25.0 Å². The van der Waals surface area contributed by atoms with Gasteiger partial charge < -0.3 is 24.1 Å². The van der Waals surface area contributed by atoms with Crippen LogP contribution in [0.5, 0.6) is 23.0 Å². The van der Waals surface area contributed by atoms with E-state index in [-0.39, 0.29) is 12.0 Å². The molecule has 0 saturated carbocycles. The summed E-state index contributed by atoms with van der Waals surface area (Å²) in [5, 5.41) is 9.17. The number of aliphatic carboxylic acids is 1. The Morgan fingerprint density at radius 3 is 2.29 bits per heavy atom. The van der Waals surface area contributed by atoms with Crippen LogP contribution in [-0.4, -0.2) is 36.0 Å². The number of rotatable bonds is 10. The maximum Gasteiger partial charge on any atom is 0.347 e. The van der Waals surface area contributed by atoms with E-state index >= 15 is 0 Å². The van der Waals surface area contributed by atoms with Crippen molar-refractivity contribution in [1.29, 1.82) is 0 Å². The molecule has 6 heteroatoms. The molecule has 0 bridgehead atoms. The number of hydrogen-bond donors (Lipinski definition) is 1. The molecule has 6 nitrogen and oxygen atoms in total. The van der Waals surface area contributed by atoms with E-state index in [4.69, 9.17) is 18.9 Å². The summed E-state index contributed by atoms with van der Waals surface area (Å²) >= 11 is 0. The molecule has 0 amide bonds. The smallest absolute Gasteiger partial charge is 0.347 e. The van der Waals surface area contributed by atoms with Crippen molar-refractivity contribution in [3.8, 4) is 23.0 Å². The summed E-state index contributed by atoms with van der Waals surface area (Å²) < 4.78 is 23.6. The molecule has 184 valence electrons. The summed E-state index contributed by atoms with van der Waals surface area (Å²) in [7, 11) is 0. The van der Waals surface area contributed by atoms with Gasteiger partial charge in [0.2, 0.25) is 0 Å². The first-order valence-electron chi connectivity index (χ1n) is 11.9. The number of ether oxygens (including phenoxy) is 4. The van der Waals surface area contributed by atoms with Gasteiger partial charge in [-0.3, -0.25) is 0 Å². The molecule has 0 aromatic heterocycles. The molecule has 3 aromatic carbocycles. The molecule has 0 fully saturated rings. The fourth-order valence-corrected chi connectivity index (χ4v) is 4.24. The summed E-state index contributed by atoms with van der Waals surface area (Å²) in [4.78, 5) is 11.2. The normalized spacial score (nSPS) is 16.8. The van der Waals surface area contributed by atoms with Crippen molar-refractivity contribution < 1.29 is 28.8 Å². The Morgan fingerprint density at radius 2 is 1.60 bits per heavy atom. The molecule has 0 spiro atoms. The van der Waals surface area contributed by atoms with Gasteiger partial charge >= 0.3 is 5.97 Å². The van der Waals surface area contributed by atoms with E-state index in [0.29, 0.717) is 31.1 Å². The van der Waals surface area contributed by atoms with Gasteiger partial charge in [0, 0.05) is 23.5 Å². The van der Waals surface area contributed by atoms with Gasteiger partial charge in [0.1, 0.15) is 29.1 Å². The second kappa shape index (κ2) is 10.3. The van der Waals surface area contributed by atoms with E-state index in [0.717, 1.165) is 17.1 Å². The lowest BCUT2D eigenvalue weighted by atomic mass is 9.88. The van der Waals surface area contributed by atoms with Crippen molar-refractivity contribution in [2.75, 3.05) is 13.2 Å². The standard InChI is InChI=1S/C29H32O6/c1-19-25(16-15-24-26(20(2)34-27(19)24)21-9-6-5-7-10-21)33-18-8-17-32-22-11-13-23(14-12-22)35-29(3,4)28(30)31/h5-7,9-16,20,26H,8,17-18H2,1-4H3,(H,30,31). The third-order valence-corrected chi connectivity index (χ3v) is 6.18. The van der Waals surface area contributed by atoms with Gasteiger partial charge in [0.05, 0.1) is 13.2 Å². The van der Waals surface area contributed by atoms with Gasteiger partial charge in [-0.25, -0.2) is 4.79 Å². The summed E-state index contributed by atoms with van der Waals surface area (Å²) in [6.45, 7) is 8.19. The predicted molar refractivity (Wildman–Crippen MR) is 134 cm³/mol. The molecule has 35 heavy (non-hydrogen) atoms. The zero-order valence-corrected chi connectivity index (χ0v) is 20.6. The molecule has 1 aliphatic rings. The van der Waals surface area contributed by atoms with Crippen LogP contribution in [0, 0.1) is 6.92 Å². The highest BCUT2D eigenvalue weighted by molar-refractivity contribution is 5.76. The molecule has 3 aromatic rings. The van der Waals surface area contributed by atoms with Crippen molar-refractivity contribution in [1.82, 2.24) is 0 Å². The number of fused-ring (bicyclic) bond motifs is 1. The molecule has 1 aliphatic heterocycles. The second-order valence-corrected chi connectivity index (χ2v) is 9.26.